The number of halogens is 1. The van der Waals surface area contributed by atoms with Gasteiger partial charge in [0.15, 0.2) is 11.5 Å². The van der Waals surface area contributed by atoms with Crippen LogP contribution in [0.5, 0.6) is 17.2 Å². The van der Waals surface area contributed by atoms with Crippen LogP contribution in [-0.4, -0.2) is 44.0 Å². The van der Waals surface area contributed by atoms with Gasteiger partial charge in [0.2, 0.25) is 0 Å². The molecule has 0 aliphatic carbocycles. The first-order valence-corrected chi connectivity index (χ1v) is 17.7. The second kappa shape index (κ2) is 12.5. The number of para-hydroxylation sites is 1. The maximum atomic E-state index is 12.8. The normalized spacial score (nSPS) is 12.4. The van der Waals surface area contributed by atoms with E-state index in [2.05, 4.69) is 10.2 Å². The Hall–Kier alpha value is -4.62. The van der Waals surface area contributed by atoms with Gasteiger partial charge in [-0.05, 0) is 73.0 Å². The van der Waals surface area contributed by atoms with Crippen LogP contribution in [0.4, 0.5) is 22.7 Å². The van der Waals surface area contributed by atoms with Gasteiger partial charge in [-0.25, -0.2) is 4.31 Å². The van der Waals surface area contributed by atoms with Crippen molar-refractivity contribution >= 4 is 75.7 Å². The first-order valence-electron chi connectivity index (χ1n) is 13.0. The van der Waals surface area contributed by atoms with Crippen molar-refractivity contribution < 1.29 is 48.8 Å². The van der Waals surface area contributed by atoms with Crippen LogP contribution in [0.3, 0.4) is 0 Å². The van der Waals surface area contributed by atoms with Gasteiger partial charge in [0.05, 0.1) is 21.7 Å². The summed E-state index contributed by atoms with van der Waals surface area (Å²) in [6, 6.07) is 20.1. The van der Waals surface area contributed by atoms with Crippen LogP contribution in [0.15, 0.2) is 111 Å². The molecule has 0 bridgehead atoms. The molecule has 14 nitrogen and oxygen atoms in total. The zero-order chi connectivity index (χ0) is 34.3. The number of hydrogen-bond acceptors (Lipinski definition) is 10. The van der Waals surface area contributed by atoms with Crippen LogP contribution in [-0.2, 0) is 30.5 Å². The molecule has 0 fully saturated rings. The SMILES string of the molecule is Cc1ccc(N(c2cc(S(=O)(=O)O)cc3cc(S(=O)(=O)O)c(N=Nc4cc(Cl)ccc4Oc4ccccc4)c(O)c23)S(=O)(=O)O)cc1. The number of rotatable bonds is 9. The van der Waals surface area contributed by atoms with Gasteiger partial charge in [-0.2, -0.15) is 25.3 Å². The molecule has 5 aromatic rings. The van der Waals surface area contributed by atoms with Crippen LogP contribution < -0.4 is 9.04 Å². The smallest absolute Gasteiger partial charge is 0.364 e. The van der Waals surface area contributed by atoms with Crippen LogP contribution in [0.2, 0.25) is 5.02 Å². The van der Waals surface area contributed by atoms with Gasteiger partial charge in [-0.1, -0.05) is 47.5 Å². The molecule has 0 atom stereocenters. The van der Waals surface area contributed by atoms with Crippen molar-refractivity contribution in [3.63, 3.8) is 0 Å². The van der Waals surface area contributed by atoms with Crippen molar-refractivity contribution in [2.24, 2.45) is 10.2 Å². The third kappa shape index (κ3) is 7.36. The molecule has 0 aromatic heterocycles. The van der Waals surface area contributed by atoms with Gasteiger partial charge in [0.1, 0.15) is 22.0 Å². The Balaban J connectivity index is 1.83. The zero-order valence-electron chi connectivity index (χ0n) is 23.8. The maximum absolute atomic E-state index is 12.8. The average Bonchev–Trinajstić information content (AvgIpc) is 2.97. The third-order valence-electron chi connectivity index (χ3n) is 6.55. The topological polar surface area (TPSA) is 221 Å². The summed E-state index contributed by atoms with van der Waals surface area (Å²) in [5.74, 6) is -0.628. The van der Waals surface area contributed by atoms with Crippen LogP contribution in [0.1, 0.15) is 5.56 Å². The Morgan fingerprint density at radius 3 is 2.02 bits per heavy atom. The fraction of sp³-hybridized carbons (Fsp3) is 0.0345. The molecule has 0 unspecified atom stereocenters. The number of phenolic OH excluding ortho intramolecular Hbond substituents is 1. The van der Waals surface area contributed by atoms with Crippen LogP contribution >= 0.6 is 11.6 Å². The highest BCUT2D eigenvalue weighted by molar-refractivity contribution is 7.87. The lowest BCUT2D eigenvalue weighted by Crippen LogP contribution is -2.25. The summed E-state index contributed by atoms with van der Waals surface area (Å²) in [7, 11) is -15.7. The molecule has 0 radical (unpaired) electrons. The quantitative estimate of drug-likeness (QED) is 0.0884. The average molecular weight is 720 g/mol. The van der Waals surface area contributed by atoms with E-state index in [1.807, 2.05) is 0 Å². The molecular formula is C29H22ClN3O11S3. The molecule has 18 heteroatoms. The molecule has 0 saturated carbocycles. The monoisotopic (exact) mass is 719 g/mol. The number of anilines is 2. The van der Waals surface area contributed by atoms with E-state index in [9.17, 15) is 44.0 Å². The fourth-order valence-electron chi connectivity index (χ4n) is 4.49. The first kappa shape index (κ1) is 33.7. The minimum Gasteiger partial charge on any atom is -0.505 e. The van der Waals surface area contributed by atoms with Crippen molar-refractivity contribution in [2.45, 2.75) is 16.7 Å². The number of phenols is 1. The van der Waals surface area contributed by atoms with Gasteiger partial charge >= 0.3 is 10.3 Å². The van der Waals surface area contributed by atoms with E-state index in [0.717, 1.165) is 0 Å². The number of fused-ring (bicyclic) bond motifs is 1. The van der Waals surface area contributed by atoms with E-state index in [-0.39, 0.29) is 26.5 Å². The second-order valence-electron chi connectivity index (χ2n) is 9.87. The van der Waals surface area contributed by atoms with Crippen molar-refractivity contribution in [2.75, 3.05) is 4.31 Å². The summed E-state index contributed by atoms with van der Waals surface area (Å²) in [6.45, 7) is 1.69. The van der Waals surface area contributed by atoms with Gasteiger partial charge < -0.3 is 9.84 Å². The third-order valence-corrected chi connectivity index (χ3v) is 9.35. The Bertz CT molecular complexity index is 2390. The summed E-state index contributed by atoms with van der Waals surface area (Å²) in [4.78, 5) is -2.02. The molecule has 0 saturated heterocycles. The van der Waals surface area contributed by atoms with Gasteiger partial charge in [-0.3, -0.25) is 13.7 Å². The minimum absolute atomic E-state index is 0.0664. The summed E-state index contributed by atoms with van der Waals surface area (Å²) >= 11 is 6.13. The van der Waals surface area contributed by atoms with Crippen LogP contribution in [0.25, 0.3) is 10.8 Å². The lowest BCUT2D eigenvalue weighted by molar-refractivity contribution is 0.471. The van der Waals surface area contributed by atoms with E-state index in [4.69, 9.17) is 16.3 Å². The number of aryl methyl sites for hydroxylation is 1. The lowest BCUT2D eigenvalue weighted by Gasteiger charge is -2.24. The van der Waals surface area contributed by atoms with Gasteiger partial charge in [0, 0.05) is 5.02 Å². The van der Waals surface area contributed by atoms with E-state index >= 15 is 0 Å². The van der Waals surface area contributed by atoms with E-state index in [1.165, 1.54) is 42.5 Å². The largest absolute Gasteiger partial charge is 0.505 e. The van der Waals surface area contributed by atoms with Crippen molar-refractivity contribution in [3.05, 3.63) is 102 Å². The molecule has 5 rings (SSSR count). The molecule has 0 aliphatic heterocycles. The summed E-state index contributed by atoms with van der Waals surface area (Å²) in [5, 5.41) is 18.4. The fourth-order valence-corrected chi connectivity index (χ4v) is 6.63. The second-order valence-corrected chi connectivity index (χ2v) is 14.4. The van der Waals surface area contributed by atoms with E-state index < -0.39 is 68.2 Å². The molecular weight excluding hydrogens is 698 g/mol. The number of hydrogen-bond donors (Lipinski definition) is 4. The molecule has 4 N–H and O–H groups in total. The van der Waals surface area contributed by atoms with Crippen molar-refractivity contribution in [1.29, 1.82) is 0 Å². The van der Waals surface area contributed by atoms with E-state index in [1.54, 1.807) is 37.3 Å². The summed E-state index contributed by atoms with van der Waals surface area (Å²) in [6.07, 6.45) is 0. The Labute approximate surface area is 273 Å². The lowest BCUT2D eigenvalue weighted by atomic mass is 10.1. The molecule has 0 spiro atoms. The Morgan fingerprint density at radius 1 is 0.766 bits per heavy atom. The zero-order valence-corrected chi connectivity index (χ0v) is 27.0. The predicted octanol–water partition coefficient (Wildman–Crippen LogP) is 7.15. The number of nitrogens with zero attached hydrogens (tertiary/aromatic N) is 3. The number of aromatic hydroxyl groups is 1. The van der Waals surface area contributed by atoms with Gasteiger partial charge in [0.25, 0.3) is 20.2 Å². The number of benzene rings is 5. The molecule has 5 aromatic carbocycles. The molecule has 244 valence electrons. The maximum Gasteiger partial charge on any atom is 0.364 e. The van der Waals surface area contributed by atoms with Crippen molar-refractivity contribution in [1.82, 2.24) is 0 Å². The van der Waals surface area contributed by atoms with Crippen LogP contribution in [0, 0.1) is 6.92 Å². The van der Waals surface area contributed by atoms with Gasteiger partial charge in [-0.15, -0.1) is 10.2 Å². The standard InChI is InChI=1S/C29H22ClN3O11S3/c1-17-7-10-20(11-8-17)33(47(41,42)43)24-16-22(45(35,36)37)13-18-14-26(46(38,39)40)28(29(34)27(18)24)32-31-23-15-19(30)9-12-25(23)44-21-5-3-2-4-6-21/h2-16,34H,1H3,(H,35,36,37)(H,38,39,40)(H,41,42,43). The Kier molecular flexibility index (Phi) is 8.99. The summed E-state index contributed by atoms with van der Waals surface area (Å²) in [5.41, 5.74) is -1.28. The number of ether oxygens (including phenoxy) is 1. The predicted molar refractivity (Wildman–Crippen MR) is 172 cm³/mol. The number of azo groups is 1. The highest BCUT2D eigenvalue weighted by Crippen LogP contribution is 2.48. The van der Waals surface area contributed by atoms with E-state index in [0.29, 0.717) is 29.5 Å². The highest BCUT2D eigenvalue weighted by Gasteiger charge is 2.31. The first-order chi connectivity index (χ1) is 21.9. The van der Waals surface area contributed by atoms with Crippen molar-refractivity contribution in [3.8, 4) is 17.2 Å². The molecule has 0 heterocycles. The molecule has 47 heavy (non-hydrogen) atoms. The highest BCUT2D eigenvalue weighted by atomic mass is 35.5. The summed E-state index contributed by atoms with van der Waals surface area (Å²) < 4.78 is 111. The molecule has 0 amide bonds. The minimum atomic E-state index is -5.31. The molecule has 0 aliphatic rings. The Morgan fingerprint density at radius 2 is 1.43 bits per heavy atom.